The Hall–Kier alpha value is -1.31. The fourth-order valence-electron chi connectivity index (χ4n) is 2.97. The zero-order valence-corrected chi connectivity index (χ0v) is 8.75. The van der Waals surface area contributed by atoms with Crippen molar-refractivity contribution in [3.05, 3.63) is 35.4 Å². The summed E-state index contributed by atoms with van der Waals surface area (Å²) in [5.74, 6) is 0.124. The quantitative estimate of drug-likeness (QED) is 0.685. The van der Waals surface area contributed by atoms with Gasteiger partial charge in [0.15, 0.2) is 0 Å². The Morgan fingerprint density at radius 2 is 1.87 bits per heavy atom. The molecule has 1 saturated carbocycles. The fraction of sp³-hybridized carbons (Fsp3) is 0.462. The number of benzene rings is 1. The normalized spacial score (nSPS) is 22.5. The van der Waals surface area contributed by atoms with Gasteiger partial charge in [-0.15, -0.1) is 0 Å². The topological polar surface area (TPSA) is 29.1 Å². The van der Waals surface area contributed by atoms with Crippen molar-refractivity contribution in [2.75, 3.05) is 0 Å². The van der Waals surface area contributed by atoms with E-state index in [4.69, 9.17) is 0 Å². The number of hydrogen-bond donors (Lipinski definition) is 1. The van der Waals surface area contributed by atoms with E-state index in [2.05, 4.69) is 11.4 Å². The summed E-state index contributed by atoms with van der Waals surface area (Å²) >= 11 is 0. The van der Waals surface area contributed by atoms with Gasteiger partial charge in [-0.2, -0.15) is 0 Å². The van der Waals surface area contributed by atoms with Crippen molar-refractivity contribution in [3.8, 4) is 0 Å². The Morgan fingerprint density at radius 3 is 2.67 bits per heavy atom. The lowest BCUT2D eigenvalue weighted by atomic mass is 9.83. The van der Waals surface area contributed by atoms with Crippen LogP contribution in [0.3, 0.4) is 0 Å². The van der Waals surface area contributed by atoms with Gasteiger partial charge in [0.25, 0.3) is 5.91 Å². The molecule has 0 radical (unpaired) electrons. The van der Waals surface area contributed by atoms with E-state index in [0.717, 1.165) is 24.8 Å². The monoisotopic (exact) mass is 201 g/mol. The number of fused-ring (bicyclic) bond motifs is 1. The summed E-state index contributed by atoms with van der Waals surface area (Å²) in [4.78, 5) is 11.9. The molecule has 15 heavy (non-hydrogen) atoms. The molecule has 1 amide bonds. The Morgan fingerprint density at radius 1 is 1.13 bits per heavy atom. The molecule has 0 aromatic heterocycles. The lowest BCUT2D eigenvalue weighted by Crippen LogP contribution is -2.51. The highest BCUT2D eigenvalue weighted by Gasteiger charge is 2.39. The first kappa shape index (κ1) is 8.96. The maximum absolute atomic E-state index is 11.9. The van der Waals surface area contributed by atoms with E-state index < -0.39 is 0 Å². The molecule has 1 aliphatic carbocycles. The zero-order chi connectivity index (χ0) is 10.3. The van der Waals surface area contributed by atoms with Gasteiger partial charge in [0.05, 0.1) is 0 Å². The van der Waals surface area contributed by atoms with Crippen molar-refractivity contribution in [2.24, 2.45) is 0 Å². The average Bonchev–Trinajstić information content (AvgIpc) is 2.66. The average molecular weight is 201 g/mol. The van der Waals surface area contributed by atoms with E-state index in [0.29, 0.717) is 0 Å². The second kappa shape index (κ2) is 3.09. The van der Waals surface area contributed by atoms with Gasteiger partial charge in [0.1, 0.15) is 0 Å². The first-order valence-corrected chi connectivity index (χ1v) is 5.70. The highest BCUT2D eigenvalue weighted by molar-refractivity contribution is 5.97. The maximum atomic E-state index is 11.9. The van der Waals surface area contributed by atoms with Crippen LogP contribution in [0.1, 0.15) is 41.6 Å². The zero-order valence-electron chi connectivity index (χ0n) is 8.75. The third kappa shape index (κ3) is 1.36. The molecule has 0 atom stereocenters. The van der Waals surface area contributed by atoms with Crippen molar-refractivity contribution in [2.45, 2.75) is 37.6 Å². The molecular formula is C13H15NO. The first-order valence-electron chi connectivity index (χ1n) is 5.70. The van der Waals surface area contributed by atoms with Crippen LogP contribution in [0.5, 0.6) is 0 Å². The van der Waals surface area contributed by atoms with Gasteiger partial charge in [-0.1, -0.05) is 31.0 Å². The van der Waals surface area contributed by atoms with Crippen LogP contribution in [0.4, 0.5) is 0 Å². The summed E-state index contributed by atoms with van der Waals surface area (Å²) in [5.41, 5.74) is 2.18. The number of carbonyl (C=O) groups excluding carboxylic acids is 1. The molecule has 1 N–H and O–H groups in total. The summed E-state index contributed by atoms with van der Waals surface area (Å²) in [6.45, 7) is 0. The van der Waals surface area contributed by atoms with Crippen LogP contribution in [-0.4, -0.2) is 11.4 Å². The van der Waals surface area contributed by atoms with Crippen molar-refractivity contribution < 1.29 is 4.79 Å². The van der Waals surface area contributed by atoms with E-state index in [1.807, 2.05) is 18.2 Å². The van der Waals surface area contributed by atoms with Crippen LogP contribution in [0.25, 0.3) is 0 Å². The predicted molar refractivity (Wildman–Crippen MR) is 58.8 cm³/mol. The van der Waals surface area contributed by atoms with Crippen molar-refractivity contribution in [1.82, 2.24) is 5.32 Å². The first-order chi connectivity index (χ1) is 7.29. The molecule has 3 rings (SSSR count). The van der Waals surface area contributed by atoms with Crippen molar-refractivity contribution >= 4 is 5.91 Å². The molecule has 1 aliphatic heterocycles. The van der Waals surface area contributed by atoms with Crippen LogP contribution in [-0.2, 0) is 6.42 Å². The molecule has 2 heteroatoms. The van der Waals surface area contributed by atoms with Crippen LogP contribution >= 0.6 is 0 Å². The van der Waals surface area contributed by atoms with Gasteiger partial charge in [-0.25, -0.2) is 0 Å². The number of carbonyl (C=O) groups is 1. The van der Waals surface area contributed by atoms with Crippen molar-refractivity contribution in [1.29, 1.82) is 0 Å². The number of rotatable bonds is 0. The third-order valence-electron chi connectivity index (χ3n) is 3.73. The number of amides is 1. The highest BCUT2D eigenvalue weighted by atomic mass is 16.1. The van der Waals surface area contributed by atoms with Gasteiger partial charge in [-0.3, -0.25) is 4.79 Å². The summed E-state index contributed by atoms with van der Waals surface area (Å²) in [7, 11) is 0. The number of nitrogens with one attached hydrogen (secondary N) is 1. The van der Waals surface area contributed by atoms with Gasteiger partial charge < -0.3 is 5.32 Å². The maximum Gasteiger partial charge on any atom is 0.251 e. The smallest absolute Gasteiger partial charge is 0.251 e. The van der Waals surface area contributed by atoms with Crippen LogP contribution < -0.4 is 5.32 Å². The van der Waals surface area contributed by atoms with E-state index in [-0.39, 0.29) is 11.4 Å². The minimum absolute atomic E-state index is 0.0887. The van der Waals surface area contributed by atoms with Gasteiger partial charge in [0.2, 0.25) is 0 Å². The summed E-state index contributed by atoms with van der Waals surface area (Å²) in [6, 6.07) is 7.98. The van der Waals surface area contributed by atoms with Crippen LogP contribution in [0.2, 0.25) is 0 Å². The molecule has 0 saturated heterocycles. The van der Waals surface area contributed by atoms with Gasteiger partial charge >= 0.3 is 0 Å². The van der Waals surface area contributed by atoms with Crippen molar-refractivity contribution in [3.63, 3.8) is 0 Å². The fourth-order valence-corrected chi connectivity index (χ4v) is 2.97. The van der Waals surface area contributed by atoms with E-state index in [9.17, 15) is 4.79 Å². The molecule has 0 unspecified atom stereocenters. The van der Waals surface area contributed by atoms with E-state index >= 15 is 0 Å². The van der Waals surface area contributed by atoms with Gasteiger partial charge in [-0.05, 0) is 30.9 Å². The molecule has 0 bridgehead atoms. The Bertz CT molecular complexity index is 405. The highest BCUT2D eigenvalue weighted by Crippen LogP contribution is 2.36. The molecule has 78 valence electrons. The molecule has 1 spiro atoms. The molecule has 1 heterocycles. The minimum Gasteiger partial charge on any atom is -0.346 e. The second-order valence-electron chi connectivity index (χ2n) is 4.78. The summed E-state index contributed by atoms with van der Waals surface area (Å²) in [5, 5.41) is 3.21. The lowest BCUT2D eigenvalue weighted by Gasteiger charge is -2.35. The minimum atomic E-state index is 0.0887. The van der Waals surface area contributed by atoms with Crippen LogP contribution in [0.15, 0.2) is 24.3 Å². The van der Waals surface area contributed by atoms with Gasteiger partial charge in [0, 0.05) is 11.1 Å². The largest absolute Gasteiger partial charge is 0.346 e. The number of hydrogen-bond acceptors (Lipinski definition) is 1. The SMILES string of the molecule is O=C1NC2(CCCC2)Cc2ccccc21. The van der Waals surface area contributed by atoms with E-state index in [1.165, 1.54) is 18.4 Å². The second-order valence-corrected chi connectivity index (χ2v) is 4.78. The standard InChI is InChI=1S/C13H15NO/c15-12-11-6-2-1-5-10(11)9-13(14-12)7-3-4-8-13/h1-2,5-6H,3-4,7-9H2,(H,14,15). The summed E-state index contributed by atoms with van der Waals surface area (Å²) < 4.78 is 0. The van der Waals surface area contributed by atoms with E-state index in [1.54, 1.807) is 0 Å². The molecule has 1 fully saturated rings. The molecule has 2 aliphatic rings. The predicted octanol–water partition coefficient (Wildman–Crippen LogP) is 2.29. The Labute approximate surface area is 89.7 Å². The molecule has 1 aromatic carbocycles. The molecule has 1 aromatic rings. The lowest BCUT2D eigenvalue weighted by molar-refractivity contribution is 0.0881. The Balaban J connectivity index is 2.02. The third-order valence-corrected chi connectivity index (χ3v) is 3.73. The summed E-state index contributed by atoms with van der Waals surface area (Å²) in [6.07, 6.45) is 5.82. The Kier molecular flexibility index (Phi) is 1.84. The molecule has 2 nitrogen and oxygen atoms in total. The van der Waals surface area contributed by atoms with Crippen LogP contribution in [0, 0.1) is 0 Å². The molecular weight excluding hydrogens is 186 g/mol.